The molecule has 0 aromatic carbocycles. The average Bonchev–Trinajstić information content (AvgIpc) is 2.24. The van der Waals surface area contributed by atoms with Crippen LogP contribution in [0.15, 0.2) is 18.3 Å². The van der Waals surface area contributed by atoms with Crippen molar-refractivity contribution in [3.05, 3.63) is 29.6 Å². The molecule has 5 nitrogen and oxygen atoms in total. The smallest absolute Gasteiger partial charge is 0.407 e. The number of pyridine rings is 1. The summed E-state index contributed by atoms with van der Waals surface area (Å²) in [6.07, 6.45) is 0.267. The molecule has 0 aliphatic heterocycles. The number of amides is 1. The van der Waals surface area contributed by atoms with Gasteiger partial charge in [0.2, 0.25) is 0 Å². The molecule has 0 aliphatic rings. The average molecular weight is 252 g/mol. The molecule has 1 unspecified atom stereocenters. The standard InChI is InChI=1S/C13H20N2O3/c1-9-5-6-10(7-14-9)11(16)8-15-12(17)18-13(2,3)4/h5-7,11,16H,8H2,1-4H3,(H,15,17). The Morgan fingerprint density at radius 1 is 1.50 bits per heavy atom. The second-order valence-corrected chi connectivity index (χ2v) is 5.13. The highest BCUT2D eigenvalue weighted by Gasteiger charge is 2.17. The van der Waals surface area contributed by atoms with Gasteiger partial charge in [-0.2, -0.15) is 0 Å². The molecule has 0 saturated heterocycles. The molecule has 100 valence electrons. The first-order valence-electron chi connectivity index (χ1n) is 5.85. The van der Waals surface area contributed by atoms with Crippen LogP contribution in [0.5, 0.6) is 0 Å². The summed E-state index contributed by atoms with van der Waals surface area (Å²) in [4.78, 5) is 15.5. The molecule has 18 heavy (non-hydrogen) atoms. The Hall–Kier alpha value is -1.62. The highest BCUT2D eigenvalue weighted by atomic mass is 16.6. The zero-order valence-corrected chi connectivity index (χ0v) is 11.2. The van der Waals surface area contributed by atoms with E-state index in [1.165, 1.54) is 0 Å². The van der Waals surface area contributed by atoms with Crippen molar-refractivity contribution in [1.82, 2.24) is 10.3 Å². The number of aliphatic hydroxyl groups is 1. The van der Waals surface area contributed by atoms with Gasteiger partial charge in [0.25, 0.3) is 0 Å². The topological polar surface area (TPSA) is 71.5 Å². The van der Waals surface area contributed by atoms with Crippen molar-refractivity contribution in [3.63, 3.8) is 0 Å². The van der Waals surface area contributed by atoms with Gasteiger partial charge in [0.05, 0.1) is 12.6 Å². The van der Waals surface area contributed by atoms with E-state index in [1.54, 1.807) is 33.0 Å². The minimum Gasteiger partial charge on any atom is -0.444 e. The summed E-state index contributed by atoms with van der Waals surface area (Å²) >= 11 is 0. The Balaban J connectivity index is 2.44. The summed E-state index contributed by atoms with van der Waals surface area (Å²) in [7, 11) is 0. The lowest BCUT2D eigenvalue weighted by Crippen LogP contribution is -2.34. The Morgan fingerprint density at radius 3 is 2.67 bits per heavy atom. The van der Waals surface area contributed by atoms with Crippen LogP contribution in [0.2, 0.25) is 0 Å². The molecule has 1 rings (SSSR count). The van der Waals surface area contributed by atoms with Crippen LogP contribution >= 0.6 is 0 Å². The molecule has 0 aliphatic carbocycles. The Labute approximate surface area is 107 Å². The van der Waals surface area contributed by atoms with E-state index in [0.29, 0.717) is 5.56 Å². The van der Waals surface area contributed by atoms with Gasteiger partial charge in [-0.25, -0.2) is 4.79 Å². The van der Waals surface area contributed by atoms with Gasteiger partial charge >= 0.3 is 6.09 Å². The molecule has 1 aromatic heterocycles. The molecular weight excluding hydrogens is 232 g/mol. The molecule has 5 heteroatoms. The number of rotatable bonds is 3. The van der Waals surface area contributed by atoms with Crippen molar-refractivity contribution < 1.29 is 14.6 Å². The number of aryl methyl sites for hydroxylation is 1. The van der Waals surface area contributed by atoms with Gasteiger partial charge in [0, 0.05) is 17.5 Å². The molecule has 1 amide bonds. The quantitative estimate of drug-likeness (QED) is 0.862. The van der Waals surface area contributed by atoms with Gasteiger partial charge in [-0.05, 0) is 33.8 Å². The van der Waals surface area contributed by atoms with Gasteiger partial charge in [-0.1, -0.05) is 6.07 Å². The Bertz CT molecular complexity index is 396. The van der Waals surface area contributed by atoms with Crippen LogP contribution in [-0.2, 0) is 4.74 Å². The van der Waals surface area contributed by atoms with E-state index in [9.17, 15) is 9.90 Å². The fourth-order valence-electron chi connectivity index (χ4n) is 1.29. The van der Waals surface area contributed by atoms with E-state index in [1.807, 2.05) is 13.0 Å². The summed E-state index contributed by atoms with van der Waals surface area (Å²) in [5, 5.41) is 12.4. The molecule has 0 fully saturated rings. The molecule has 0 radical (unpaired) electrons. The third-order valence-corrected chi connectivity index (χ3v) is 2.16. The number of aromatic nitrogens is 1. The zero-order valence-electron chi connectivity index (χ0n) is 11.2. The third-order valence-electron chi connectivity index (χ3n) is 2.16. The Morgan fingerprint density at radius 2 is 2.17 bits per heavy atom. The van der Waals surface area contributed by atoms with Crippen LogP contribution in [0, 0.1) is 6.92 Å². The Kier molecular flexibility index (Phi) is 4.67. The maximum atomic E-state index is 11.4. The van der Waals surface area contributed by atoms with Gasteiger partial charge in [0.15, 0.2) is 0 Å². The number of carbonyl (C=O) groups is 1. The van der Waals surface area contributed by atoms with Crippen LogP contribution < -0.4 is 5.32 Å². The lowest BCUT2D eigenvalue weighted by molar-refractivity contribution is 0.0491. The lowest BCUT2D eigenvalue weighted by atomic mass is 10.1. The minimum absolute atomic E-state index is 0.0969. The van der Waals surface area contributed by atoms with Gasteiger partial charge < -0.3 is 15.2 Å². The molecule has 1 aromatic rings. The van der Waals surface area contributed by atoms with Crippen molar-refractivity contribution >= 4 is 6.09 Å². The maximum Gasteiger partial charge on any atom is 0.407 e. The van der Waals surface area contributed by atoms with Crippen molar-refractivity contribution in [2.75, 3.05) is 6.54 Å². The number of nitrogens with zero attached hydrogens (tertiary/aromatic N) is 1. The zero-order chi connectivity index (χ0) is 13.8. The largest absolute Gasteiger partial charge is 0.444 e. The monoisotopic (exact) mass is 252 g/mol. The van der Waals surface area contributed by atoms with Crippen molar-refractivity contribution in [2.24, 2.45) is 0 Å². The van der Waals surface area contributed by atoms with Crippen molar-refractivity contribution in [2.45, 2.75) is 39.4 Å². The van der Waals surface area contributed by atoms with Crippen LogP contribution in [-0.4, -0.2) is 28.3 Å². The molecule has 1 heterocycles. The molecule has 1 atom stereocenters. The second-order valence-electron chi connectivity index (χ2n) is 5.13. The van der Waals surface area contributed by atoms with E-state index in [0.717, 1.165) is 5.69 Å². The van der Waals surface area contributed by atoms with Gasteiger partial charge in [-0.15, -0.1) is 0 Å². The van der Waals surface area contributed by atoms with Crippen molar-refractivity contribution in [3.8, 4) is 0 Å². The molecule has 0 spiro atoms. The molecule has 0 saturated carbocycles. The number of hydrogen-bond acceptors (Lipinski definition) is 4. The summed E-state index contributed by atoms with van der Waals surface area (Å²) in [6.45, 7) is 7.32. The third kappa shape index (κ3) is 5.14. The first kappa shape index (κ1) is 14.4. The first-order chi connectivity index (χ1) is 8.28. The number of aliphatic hydroxyl groups excluding tert-OH is 1. The number of ether oxygens (including phenoxy) is 1. The van der Waals surface area contributed by atoms with E-state index >= 15 is 0 Å². The number of alkyl carbamates (subject to hydrolysis) is 1. The van der Waals surface area contributed by atoms with Crippen LogP contribution in [0.3, 0.4) is 0 Å². The SMILES string of the molecule is Cc1ccc(C(O)CNC(=O)OC(C)(C)C)cn1. The number of hydrogen-bond donors (Lipinski definition) is 2. The van der Waals surface area contributed by atoms with Crippen LogP contribution in [0.1, 0.15) is 38.1 Å². The van der Waals surface area contributed by atoms with E-state index in [4.69, 9.17) is 4.74 Å². The highest BCUT2D eigenvalue weighted by molar-refractivity contribution is 5.67. The second kappa shape index (κ2) is 5.82. The van der Waals surface area contributed by atoms with E-state index < -0.39 is 17.8 Å². The van der Waals surface area contributed by atoms with Crippen LogP contribution in [0.4, 0.5) is 4.79 Å². The minimum atomic E-state index is -0.786. The normalized spacial score (nSPS) is 12.9. The summed E-state index contributed by atoms with van der Waals surface area (Å²) < 4.78 is 5.07. The molecule has 0 bridgehead atoms. The van der Waals surface area contributed by atoms with Gasteiger partial charge in [0.1, 0.15) is 5.60 Å². The summed E-state index contributed by atoms with van der Waals surface area (Å²) in [6, 6.07) is 3.59. The fraction of sp³-hybridized carbons (Fsp3) is 0.538. The molecular formula is C13H20N2O3. The summed E-state index contributed by atoms with van der Waals surface area (Å²) in [5.41, 5.74) is 1.00. The van der Waals surface area contributed by atoms with Crippen molar-refractivity contribution in [1.29, 1.82) is 0 Å². The number of nitrogens with one attached hydrogen (secondary N) is 1. The van der Waals surface area contributed by atoms with E-state index in [2.05, 4.69) is 10.3 Å². The summed E-state index contributed by atoms with van der Waals surface area (Å²) in [5.74, 6) is 0. The van der Waals surface area contributed by atoms with Crippen LogP contribution in [0.25, 0.3) is 0 Å². The predicted octanol–water partition coefficient (Wildman–Crippen LogP) is 1.95. The maximum absolute atomic E-state index is 11.4. The lowest BCUT2D eigenvalue weighted by Gasteiger charge is -2.20. The number of carbonyl (C=O) groups excluding carboxylic acids is 1. The fourth-order valence-corrected chi connectivity index (χ4v) is 1.29. The predicted molar refractivity (Wildman–Crippen MR) is 68.2 cm³/mol. The van der Waals surface area contributed by atoms with Gasteiger partial charge in [-0.3, -0.25) is 4.98 Å². The first-order valence-corrected chi connectivity index (χ1v) is 5.85. The molecule has 2 N–H and O–H groups in total. The highest BCUT2D eigenvalue weighted by Crippen LogP contribution is 2.11. The van der Waals surface area contributed by atoms with E-state index in [-0.39, 0.29) is 6.54 Å².